The molecule has 0 saturated carbocycles. The Bertz CT molecular complexity index is 409. The molecule has 0 heterocycles. The van der Waals surface area contributed by atoms with Crippen LogP contribution in [-0.4, -0.2) is 12.1 Å². The zero-order chi connectivity index (χ0) is 11.3. The minimum absolute atomic E-state index is 0.166. The maximum atomic E-state index is 11.5. The van der Waals surface area contributed by atoms with E-state index in [1.165, 1.54) is 6.07 Å². The molecule has 0 amide bonds. The summed E-state index contributed by atoms with van der Waals surface area (Å²) in [6, 6.07) is 6.36. The third-order valence-electron chi connectivity index (χ3n) is 1.58. The molecule has 0 aliphatic heterocycles. The van der Waals surface area contributed by atoms with Gasteiger partial charge in [-0.05, 0) is 31.5 Å². The van der Waals surface area contributed by atoms with E-state index >= 15 is 0 Å². The van der Waals surface area contributed by atoms with Crippen molar-refractivity contribution in [2.45, 2.75) is 20.0 Å². The van der Waals surface area contributed by atoms with Crippen molar-refractivity contribution in [2.75, 3.05) is 0 Å². The molecule has 0 spiro atoms. The standard InChI is InChI=1S/C10H11N3O2/c1-7(2)15-10(14)8-4-3-5-9(6-8)12-13-11/h3-7H,1-2H3. The van der Waals surface area contributed by atoms with Crippen LogP contribution >= 0.6 is 0 Å². The third kappa shape index (κ3) is 3.32. The Balaban J connectivity index is 2.90. The lowest BCUT2D eigenvalue weighted by atomic mass is 10.2. The maximum absolute atomic E-state index is 11.5. The van der Waals surface area contributed by atoms with Crippen molar-refractivity contribution >= 4 is 11.7 Å². The van der Waals surface area contributed by atoms with Crippen LogP contribution in [0, 0.1) is 0 Å². The van der Waals surface area contributed by atoms with Gasteiger partial charge in [-0.2, -0.15) is 0 Å². The molecule has 0 unspecified atom stereocenters. The summed E-state index contributed by atoms with van der Waals surface area (Å²) < 4.78 is 5.00. The number of azide groups is 1. The van der Waals surface area contributed by atoms with Crippen LogP contribution in [0.25, 0.3) is 10.4 Å². The van der Waals surface area contributed by atoms with E-state index in [-0.39, 0.29) is 6.10 Å². The van der Waals surface area contributed by atoms with E-state index in [4.69, 9.17) is 10.3 Å². The number of hydrogen-bond donors (Lipinski definition) is 0. The van der Waals surface area contributed by atoms with E-state index in [9.17, 15) is 4.79 Å². The van der Waals surface area contributed by atoms with Crippen molar-refractivity contribution in [1.82, 2.24) is 0 Å². The fraction of sp³-hybridized carbons (Fsp3) is 0.300. The Morgan fingerprint density at radius 1 is 1.53 bits per heavy atom. The van der Waals surface area contributed by atoms with E-state index in [1.807, 2.05) is 0 Å². The molecule has 5 nitrogen and oxygen atoms in total. The predicted octanol–water partition coefficient (Wildman–Crippen LogP) is 3.19. The molecule has 15 heavy (non-hydrogen) atoms. The van der Waals surface area contributed by atoms with Gasteiger partial charge in [-0.1, -0.05) is 17.2 Å². The van der Waals surface area contributed by atoms with Gasteiger partial charge in [0.2, 0.25) is 0 Å². The van der Waals surface area contributed by atoms with Crippen LogP contribution in [0.2, 0.25) is 0 Å². The molecule has 0 N–H and O–H groups in total. The van der Waals surface area contributed by atoms with Gasteiger partial charge in [0.05, 0.1) is 11.7 Å². The van der Waals surface area contributed by atoms with E-state index in [0.717, 1.165) is 0 Å². The number of carbonyl (C=O) groups excluding carboxylic acids is 1. The summed E-state index contributed by atoms with van der Waals surface area (Å²) in [7, 11) is 0. The monoisotopic (exact) mass is 205 g/mol. The van der Waals surface area contributed by atoms with Crippen molar-refractivity contribution in [3.05, 3.63) is 40.3 Å². The van der Waals surface area contributed by atoms with Gasteiger partial charge in [0.25, 0.3) is 0 Å². The molecule has 0 atom stereocenters. The van der Waals surface area contributed by atoms with E-state index in [1.54, 1.807) is 32.0 Å². The average molecular weight is 205 g/mol. The highest BCUT2D eigenvalue weighted by Gasteiger charge is 2.08. The van der Waals surface area contributed by atoms with Crippen LogP contribution in [-0.2, 0) is 4.74 Å². The van der Waals surface area contributed by atoms with Crippen LogP contribution in [0.15, 0.2) is 29.4 Å². The minimum Gasteiger partial charge on any atom is -0.459 e. The molecule has 78 valence electrons. The highest BCUT2D eigenvalue weighted by Crippen LogP contribution is 2.15. The van der Waals surface area contributed by atoms with Crippen LogP contribution in [0.5, 0.6) is 0 Å². The second-order valence-electron chi connectivity index (χ2n) is 3.19. The molecule has 0 bridgehead atoms. The van der Waals surface area contributed by atoms with E-state index in [0.29, 0.717) is 11.3 Å². The molecule has 0 radical (unpaired) electrons. The molecule has 0 aliphatic rings. The zero-order valence-electron chi connectivity index (χ0n) is 8.54. The fourth-order valence-corrected chi connectivity index (χ4v) is 1.03. The summed E-state index contributed by atoms with van der Waals surface area (Å²) in [6.45, 7) is 3.55. The molecular weight excluding hydrogens is 194 g/mol. The lowest BCUT2D eigenvalue weighted by Gasteiger charge is -2.07. The van der Waals surface area contributed by atoms with Crippen LogP contribution < -0.4 is 0 Å². The van der Waals surface area contributed by atoms with Gasteiger partial charge in [0.15, 0.2) is 0 Å². The summed E-state index contributed by atoms with van der Waals surface area (Å²) in [4.78, 5) is 14.1. The molecule has 5 heteroatoms. The normalized spacial score (nSPS) is 9.53. The number of carbonyl (C=O) groups is 1. The average Bonchev–Trinajstić information content (AvgIpc) is 2.17. The zero-order valence-corrected chi connectivity index (χ0v) is 8.54. The van der Waals surface area contributed by atoms with Crippen molar-refractivity contribution in [1.29, 1.82) is 0 Å². The Kier molecular flexibility index (Phi) is 3.71. The first-order valence-corrected chi connectivity index (χ1v) is 4.49. The molecule has 0 aromatic heterocycles. The van der Waals surface area contributed by atoms with Gasteiger partial charge in [0.1, 0.15) is 0 Å². The lowest BCUT2D eigenvalue weighted by molar-refractivity contribution is 0.0378. The van der Waals surface area contributed by atoms with Gasteiger partial charge in [-0.25, -0.2) is 4.79 Å². The first-order chi connectivity index (χ1) is 7.13. The molecule has 1 rings (SSSR count). The maximum Gasteiger partial charge on any atom is 0.338 e. The van der Waals surface area contributed by atoms with Crippen molar-refractivity contribution < 1.29 is 9.53 Å². The quantitative estimate of drug-likeness (QED) is 0.329. The number of nitrogens with zero attached hydrogens (tertiary/aromatic N) is 3. The summed E-state index contributed by atoms with van der Waals surface area (Å²) >= 11 is 0. The molecule has 1 aromatic carbocycles. The SMILES string of the molecule is CC(C)OC(=O)c1cccc(N=[N+]=[N-])c1. The molecule has 0 saturated heterocycles. The Morgan fingerprint density at radius 2 is 2.27 bits per heavy atom. The Morgan fingerprint density at radius 3 is 2.87 bits per heavy atom. The molecular formula is C10H11N3O2. The number of hydrogen-bond acceptors (Lipinski definition) is 3. The summed E-state index contributed by atoms with van der Waals surface area (Å²) in [5, 5.41) is 3.40. The molecule has 1 aromatic rings. The molecule has 0 aliphatic carbocycles. The van der Waals surface area contributed by atoms with Crippen LogP contribution in [0.4, 0.5) is 5.69 Å². The van der Waals surface area contributed by atoms with Gasteiger partial charge in [-0.3, -0.25) is 0 Å². The van der Waals surface area contributed by atoms with Crippen LogP contribution in [0.1, 0.15) is 24.2 Å². The largest absolute Gasteiger partial charge is 0.459 e. The summed E-state index contributed by atoms with van der Waals surface area (Å²) in [6.07, 6.45) is -0.166. The van der Waals surface area contributed by atoms with E-state index < -0.39 is 5.97 Å². The predicted molar refractivity (Wildman–Crippen MR) is 55.8 cm³/mol. The van der Waals surface area contributed by atoms with Crippen LogP contribution in [0.3, 0.4) is 0 Å². The number of rotatable bonds is 3. The summed E-state index contributed by atoms with van der Waals surface area (Å²) in [5.74, 6) is -0.417. The number of ether oxygens (including phenoxy) is 1. The second kappa shape index (κ2) is 5.02. The van der Waals surface area contributed by atoms with Gasteiger partial charge in [0, 0.05) is 10.6 Å². The van der Waals surface area contributed by atoms with E-state index in [2.05, 4.69) is 10.0 Å². The van der Waals surface area contributed by atoms with Crippen molar-refractivity contribution in [3.63, 3.8) is 0 Å². The van der Waals surface area contributed by atoms with Gasteiger partial charge in [-0.15, -0.1) is 0 Å². The summed E-state index contributed by atoms with van der Waals surface area (Å²) in [5.41, 5.74) is 9.02. The first-order valence-electron chi connectivity index (χ1n) is 4.49. The lowest BCUT2D eigenvalue weighted by Crippen LogP contribution is -2.11. The number of benzene rings is 1. The number of esters is 1. The van der Waals surface area contributed by atoms with Crippen molar-refractivity contribution in [2.24, 2.45) is 5.11 Å². The minimum atomic E-state index is -0.417. The Hall–Kier alpha value is -2.00. The highest BCUT2D eigenvalue weighted by atomic mass is 16.5. The molecule has 0 fully saturated rings. The van der Waals surface area contributed by atoms with Crippen molar-refractivity contribution in [3.8, 4) is 0 Å². The third-order valence-corrected chi connectivity index (χ3v) is 1.58. The van der Waals surface area contributed by atoms with Gasteiger partial charge >= 0.3 is 5.97 Å². The van der Waals surface area contributed by atoms with Gasteiger partial charge < -0.3 is 4.74 Å². The second-order valence-corrected chi connectivity index (χ2v) is 3.19. The fourth-order valence-electron chi connectivity index (χ4n) is 1.03. The first kappa shape index (κ1) is 11.1. The smallest absolute Gasteiger partial charge is 0.338 e. The topological polar surface area (TPSA) is 75.1 Å². The Labute approximate surface area is 87.3 Å². The highest BCUT2D eigenvalue weighted by molar-refractivity contribution is 5.90.